The summed E-state index contributed by atoms with van der Waals surface area (Å²) in [6.45, 7) is 0.953. The number of halogens is 1. The van der Waals surface area contributed by atoms with Crippen LogP contribution in [0.3, 0.4) is 0 Å². The number of nitrogens with zero attached hydrogens (tertiary/aromatic N) is 2. The standard InChI is InChI=1S/C21H16ClN3O5/c1-12-6-7-15(14(22)8-12)24-17(26)10-29-18(27)9-25-11-23-19-13-4-2-3-5-16(13)30-20(19)21(25)28/h2-8,11H,9-10H2,1H3,(H,24,26). The lowest BCUT2D eigenvalue weighted by Crippen LogP contribution is -2.27. The van der Waals surface area contributed by atoms with E-state index < -0.39 is 30.6 Å². The maximum Gasteiger partial charge on any atom is 0.326 e. The van der Waals surface area contributed by atoms with E-state index in [9.17, 15) is 14.4 Å². The summed E-state index contributed by atoms with van der Waals surface area (Å²) in [7, 11) is 0. The van der Waals surface area contributed by atoms with Crippen molar-refractivity contribution in [2.24, 2.45) is 0 Å². The number of hydrogen-bond donors (Lipinski definition) is 1. The highest BCUT2D eigenvalue weighted by molar-refractivity contribution is 6.33. The number of anilines is 1. The van der Waals surface area contributed by atoms with Gasteiger partial charge >= 0.3 is 5.97 Å². The molecule has 2 aromatic carbocycles. The maximum absolute atomic E-state index is 12.6. The van der Waals surface area contributed by atoms with Crippen molar-refractivity contribution in [3.63, 3.8) is 0 Å². The van der Waals surface area contributed by atoms with Gasteiger partial charge in [0.05, 0.1) is 17.0 Å². The Morgan fingerprint density at radius 2 is 2.03 bits per heavy atom. The van der Waals surface area contributed by atoms with Crippen LogP contribution in [0.4, 0.5) is 5.69 Å². The average Bonchev–Trinajstić information content (AvgIpc) is 3.10. The number of rotatable bonds is 5. The van der Waals surface area contributed by atoms with Crippen LogP contribution < -0.4 is 10.9 Å². The minimum atomic E-state index is -0.764. The molecule has 8 nitrogen and oxygen atoms in total. The van der Waals surface area contributed by atoms with E-state index in [2.05, 4.69) is 10.3 Å². The normalized spacial score (nSPS) is 11.0. The molecule has 0 radical (unpaired) electrons. The Morgan fingerprint density at radius 1 is 1.23 bits per heavy atom. The number of carbonyl (C=O) groups excluding carboxylic acids is 2. The SMILES string of the molecule is Cc1ccc(NC(=O)COC(=O)Cn2cnc3c(oc4ccccc43)c2=O)c(Cl)c1. The van der Waals surface area contributed by atoms with Gasteiger partial charge in [-0.15, -0.1) is 0 Å². The van der Waals surface area contributed by atoms with E-state index in [-0.39, 0.29) is 5.58 Å². The first kappa shape index (κ1) is 19.7. The number of ether oxygens (including phenoxy) is 1. The first-order valence-corrected chi connectivity index (χ1v) is 9.38. The summed E-state index contributed by atoms with van der Waals surface area (Å²) in [6.07, 6.45) is 1.25. The van der Waals surface area contributed by atoms with E-state index in [1.807, 2.05) is 13.0 Å². The third-order valence-electron chi connectivity index (χ3n) is 4.41. The third-order valence-corrected chi connectivity index (χ3v) is 4.73. The monoisotopic (exact) mass is 425 g/mol. The average molecular weight is 426 g/mol. The molecule has 0 saturated heterocycles. The fraction of sp³-hybridized carbons (Fsp3) is 0.143. The van der Waals surface area contributed by atoms with E-state index >= 15 is 0 Å². The number of hydrogen-bond acceptors (Lipinski definition) is 6. The van der Waals surface area contributed by atoms with E-state index in [0.29, 0.717) is 27.2 Å². The van der Waals surface area contributed by atoms with Crippen LogP contribution >= 0.6 is 11.6 Å². The molecule has 1 N–H and O–H groups in total. The predicted octanol–water partition coefficient (Wildman–Crippen LogP) is 3.29. The molecule has 4 rings (SSSR count). The van der Waals surface area contributed by atoms with Crippen LogP contribution in [0, 0.1) is 6.92 Å². The minimum Gasteiger partial charge on any atom is -0.454 e. The van der Waals surface area contributed by atoms with Gasteiger partial charge in [0.25, 0.3) is 11.5 Å². The molecular weight excluding hydrogens is 410 g/mol. The van der Waals surface area contributed by atoms with Crippen molar-refractivity contribution in [2.45, 2.75) is 13.5 Å². The lowest BCUT2D eigenvalue weighted by atomic mass is 10.2. The van der Waals surface area contributed by atoms with Gasteiger partial charge in [-0.3, -0.25) is 19.0 Å². The number of carbonyl (C=O) groups is 2. The van der Waals surface area contributed by atoms with Crippen LogP contribution in [0.2, 0.25) is 5.02 Å². The van der Waals surface area contributed by atoms with Gasteiger partial charge in [-0.2, -0.15) is 0 Å². The van der Waals surface area contributed by atoms with Crippen molar-refractivity contribution in [3.8, 4) is 0 Å². The Bertz CT molecular complexity index is 1340. The van der Waals surface area contributed by atoms with E-state index in [4.69, 9.17) is 20.8 Å². The zero-order chi connectivity index (χ0) is 21.3. The van der Waals surface area contributed by atoms with Crippen molar-refractivity contribution < 1.29 is 18.7 Å². The van der Waals surface area contributed by atoms with Crippen molar-refractivity contribution in [3.05, 3.63) is 69.7 Å². The zero-order valence-electron chi connectivity index (χ0n) is 15.8. The molecular formula is C21H16ClN3O5. The summed E-state index contributed by atoms with van der Waals surface area (Å²) in [5, 5.41) is 3.66. The second-order valence-corrected chi connectivity index (χ2v) is 7.05. The molecule has 4 aromatic rings. The second kappa shape index (κ2) is 8.00. The summed E-state index contributed by atoms with van der Waals surface area (Å²) >= 11 is 6.06. The molecule has 0 aliphatic rings. The van der Waals surface area contributed by atoms with Crippen molar-refractivity contribution >= 4 is 51.2 Å². The number of benzene rings is 2. The largest absolute Gasteiger partial charge is 0.454 e. The molecule has 2 aromatic heterocycles. The molecule has 0 bridgehead atoms. The molecule has 152 valence electrons. The summed E-state index contributed by atoms with van der Waals surface area (Å²) in [5.74, 6) is -1.31. The molecule has 2 heterocycles. The summed E-state index contributed by atoms with van der Waals surface area (Å²) < 4.78 is 11.6. The molecule has 9 heteroatoms. The molecule has 0 aliphatic heterocycles. The van der Waals surface area contributed by atoms with Crippen LogP contribution in [0.1, 0.15) is 5.56 Å². The fourth-order valence-corrected chi connectivity index (χ4v) is 3.25. The van der Waals surface area contributed by atoms with Gasteiger partial charge in [0.15, 0.2) is 6.61 Å². The molecule has 1 amide bonds. The van der Waals surface area contributed by atoms with Crippen molar-refractivity contribution in [1.29, 1.82) is 0 Å². The quantitative estimate of drug-likeness (QED) is 0.492. The van der Waals surface area contributed by atoms with E-state index in [1.165, 1.54) is 6.33 Å². The third kappa shape index (κ3) is 3.90. The lowest BCUT2D eigenvalue weighted by Gasteiger charge is -2.09. The van der Waals surface area contributed by atoms with Crippen LogP contribution in [0.15, 0.2) is 58.0 Å². The van der Waals surface area contributed by atoms with Crippen LogP contribution in [-0.2, 0) is 20.9 Å². The first-order valence-electron chi connectivity index (χ1n) is 9.00. The second-order valence-electron chi connectivity index (χ2n) is 6.65. The number of furan rings is 1. The van der Waals surface area contributed by atoms with Gasteiger partial charge in [-0.1, -0.05) is 29.8 Å². The van der Waals surface area contributed by atoms with E-state index in [1.54, 1.807) is 36.4 Å². The molecule has 30 heavy (non-hydrogen) atoms. The maximum atomic E-state index is 12.6. The lowest BCUT2D eigenvalue weighted by molar-refractivity contribution is -0.147. The topological polar surface area (TPSA) is 103 Å². The zero-order valence-corrected chi connectivity index (χ0v) is 16.6. The Kier molecular flexibility index (Phi) is 5.24. The molecule has 0 spiro atoms. The summed E-state index contributed by atoms with van der Waals surface area (Å²) in [4.78, 5) is 40.9. The van der Waals surface area contributed by atoms with Crippen LogP contribution in [0.5, 0.6) is 0 Å². The van der Waals surface area contributed by atoms with Crippen molar-refractivity contribution in [2.75, 3.05) is 11.9 Å². The number of para-hydroxylation sites is 1. The van der Waals surface area contributed by atoms with Gasteiger partial charge in [0.1, 0.15) is 17.6 Å². The summed E-state index contributed by atoms with van der Waals surface area (Å²) in [6, 6.07) is 12.3. The highest BCUT2D eigenvalue weighted by Crippen LogP contribution is 2.24. The molecule has 0 aliphatic carbocycles. The fourth-order valence-electron chi connectivity index (χ4n) is 2.97. The number of fused-ring (bicyclic) bond motifs is 3. The Hall–Kier alpha value is -3.65. The van der Waals surface area contributed by atoms with Crippen LogP contribution in [0.25, 0.3) is 22.1 Å². The highest BCUT2D eigenvalue weighted by atomic mass is 35.5. The van der Waals surface area contributed by atoms with Gasteiger partial charge in [0, 0.05) is 5.39 Å². The Balaban J connectivity index is 1.42. The number of amides is 1. The predicted molar refractivity (Wildman–Crippen MR) is 112 cm³/mol. The van der Waals surface area contributed by atoms with Crippen molar-refractivity contribution in [1.82, 2.24) is 9.55 Å². The van der Waals surface area contributed by atoms with Gasteiger partial charge < -0.3 is 14.5 Å². The number of nitrogens with one attached hydrogen (secondary N) is 1. The number of aryl methyl sites for hydroxylation is 1. The molecule has 0 atom stereocenters. The van der Waals surface area contributed by atoms with Crippen LogP contribution in [-0.4, -0.2) is 28.0 Å². The van der Waals surface area contributed by atoms with Gasteiger partial charge in [0.2, 0.25) is 5.58 Å². The van der Waals surface area contributed by atoms with Gasteiger partial charge in [-0.05, 0) is 36.8 Å². The van der Waals surface area contributed by atoms with Gasteiger partial charge in [-0.25, -0.2) is 4.98 Å². The van der Waals surface area contributed by atoms with E-state index in [0.717, 1.165) is 10.1 Å². The molecule has 0 saturated carbocycles. The molecule has 0 unspecified atom stereocenters. The number of esters is 1. The summed E-state index contributed by atoms with van der Waals surface area (Å²) in [5.41, 5.74) is 1.87. The minimum absolute atomic E-state index is 0.0539. The number of aromatic nitrogens is 2. The first-order chi connectivity index (χ1) is 14.4. The highest BCUT2D eigenvalue weighted by Gasteiger charge is 2.16. The Labute approximate surface area is 175 Å². The smallest absolute Gasteiger partial charge is 0.326 e. The molecule has 0 fully saturated rings. The Morgan fingerprint density at radius 3 is 2.83 bits per heavy atom.